The van der Waals surface area contributed by atoms with E-state index in [1.165, 1.54) is 18.2 Å². The molecule has 1 heterocycles. The molecule has 2 aromatic carbocycles. The molecule has 0 aliphatic carbocycles. The summed E-state index contributed by atoms with van der Waals surface area (Å²) in [5, 5.41) is 21.6. The Morgan fingerprint density at radius 3 is 2.75 bits per heavy atom. The van der Waals surface area contributed by atoms with Crippen LogP contribution in [0.5, 0.6) is 11.5 Å². The van der Waals surface area contributed by atoms with E-state index in [0.29, 0.717) is 11.5 Å². The number of aliphatic hydroxyl groups excluding tert-OH is 1. The van der Waals surface area contributed by atoms with Crippen molar-refractivity contribution in [3.63, 3.8) is 0 Å². The third-order valence-corrected chi connectivity index (χ3v) is 3.46. The maximum Gasteiger partial charge on any atom is 0.273 e. The number of nitrogens with zero attached hydrogens (tertiary/aromatic N) is 1. The van der Waals surface area contributed by atoms with Crippen molar-refractivity contribution in [2.45, 2.75) is 6.10 Å². The van der Waals surface area contributed by atoms with Gasteiger partial charge in [0, 0.05) is 23.2 Å². The van der Waals surface area contributed by atoms with Crippen LogP contribution in [0.15, 0.2) is 54.7 Å². The first kappa shape index (κ1) is 15.8. The van der Waals surface area contributed by atoms with Crippen molar-refractivity contribution in [1.29, 1.82) is 0 Å². The molecule has 0 fully saturated rings. The Hall–Kier alpha value is -3.06. The fourth-order valence-electron chi connectivity index (χ4n) is 2.30. The minimum absolute atomic E-state index is 0.0235. The zero-order valence-corrected chi connectivity index (χ0v) is 12.7. The van der Waals surface area contributed by atoms with Gasteiger partial charge < -0.3 is 19.6 Å². The Bertz CT molecular complexity index is 846. The molecule has 0 aliphatic heterocycles. The van der Waals surface area contributed by atoms with Gasteiger partial charge in [-0.05, 0) is 24.3 Å². The number of aromatic nitrogens is 1. The summed E-state index contributed by atoms with van der Waals surface area (Å²) in [7, 11) is 0. The Labute approximate surface area is 137 Å². The molecule has 0 spiro atoms. The van der Waals surface area contributed by atoms with E-state index in [-0.39, 0.29) is 18.9 Å². The second-order valence-electron chi connectivity index (χ2n) is 5.23. The lowest BCUT2D eigenvalue weighted by molar-refractivity contribution is -0.384. The van der Waals surface area contributed by atoms with E-state index in [9.17, 15) is 15.2 Å². The number of hydrogen-bond acceptors (Lipinski definition) is 5. The van der Waals surface area contributed by atoms with Gasteiger partial charge in [0.2, 0.25) is 0 Å². The third kappa shape index (κ3) is 3.64. The number of non-ortho nitro benzene ring substituents is 1. The van der Waals surface area contributed by atoms with Crippen LogP contribution in [0.4, 0.5) is 5.69 Å². The second kappa shape index (κ2) is 7.01. The van der Waals surface area contributed by atoms with Crippen molar-refractivity contribution in [2.24, 2.45) is 0 Å². The fraction of sp³-hybridized carbons (Fsp3) is 0.176. The minimum atomic E-state index is -0.863. The Morgan fingerprint density at radius 1 is 1.12 bits per heavy atom. The van der Waals surface area contributed by atoms with Gasteiger partial charge in [-0.3, -0.25) is 10.1 Å². The highest BCUT2D eigenvalue weighted by molar-refractivity contribution is 5.85. The van der Waals surface area contributed by atoms with Crippen molar-refractivity contribution < 1.29 is 19.5 Å². The average Bonchev–Trinajstić information content (AvgIpc) is 3.07. The third-order valence-electron chi connectivity index (χ3n) is 3.46. The second-order valence-corrected chi connectivity index (χ2v) is 5.23. The molecule has 0 radical (unpaired) electrons. The lowest BCUT2D eigenvalue weighted by Gasteiger charge is -2.14. The van der Waals surface area contributed by atoms with Crippen LogP contribution in [0.25, 0.3) is 10.9 Å². The van der Waals surface area contributed by atoms with Gasteiger partial charge in [0.25, 0.3) is 5.69 Å². The van der Waals surface area contributed by atoms with Gasteiger partial charge >= 0.3 is 0 Å². The highest BCUT2D eigenvalue weighted by Crippen LogP contribution is 2.24. The summed E-state index contributed by atoms with van der Waals surface area (Å²) >= 11 is 0. The summed E-state index contributed by atoms with van der Waals surface area (Å²) in [4.78, 5) is 13.3. The van der Waals surface area contributed by atoms with Gasteiger partial charge in [-0.25, -0.2) is 0 Å². The zero-order chi connectivity index (χ0) is 16.9. The number of nitro groups is 1. The van der Waals surface area contributed by atoms with Gasteiger partial charge in [-0.1, -0.05) is 12.1 Å². The maximum atomic E-state index is 10.7. The molecule has 0 saturated heterocycles. The molecule has 0 aliphatic rings. The first-order valence-electron chi connectivity index (χ1n) is 7.38. The predicted octanol–water partition coefficient (Wildman–Crippen LogP) is 2.89. The van der Waals surface area contributed by atoms with Crippen LogP contribution in [0.3, 0.4) is 0 Å². The molecular formula is C17H16N2O5. The highest BCUT2D eigenvalue weighted by atomic mass is 16.6. The van der Waals surface area contributed by atoms with Crippen LogP contribution < -0.4 is 9.47 Å². The van der Waals surface area contributed by atoms with Crippen molar-refractivity contribution in [1.82, 2.24) is 4.98 Å². The molecule has 2 N–H and O–H groups in total. The van der Waals surface area contributed by atoms with Crippen molar-refractivity contribution in [3.05, 3.63) is 64.8 Å². The number of aromatic amines is 1. The number of benzene rings is 2. The van der Waals surface area contributed by atoms with Gasteiger partial charge in [0.05, 0.1) is 11.0 Å². The largest absolute Gasteiger partial charge is 0.490 e. The van der Waals surface area contributed by atoms with E-state index < -0.39 is 11.0 Å². The zero-order valence-electron chi connectivity index (χ0n) is 12.7. The standard InChI is InChI=1S/C17H16N2O5/c20-13(10-23-14-4-1-3-12(9-14)19(21)22)11-24-17-6-2-5-16-15(17)7-8-18-16/h1-9,13,18,20H,10-11H2. The van der Waals surface area contributed by atoms with Crippen molar-refractivity contribution in [3.8, 4) is 11.5 Å². The topological polar surface area (TPSA) is 97.6 Å². The van der Waals surface area contributed by atoms with Crippen molar-refractivity contribution >= 4 is 16.6 Å². The molecule has 24 heavy (non-hydrogen) atoms. The van der Waals surface area contributed by atoms with E-state index in [1.807, 2.05) is 30.5 Å². The van der Waals surface area contributed by atoms with Crippen LogP contribution in [0.1, 0.15) is 0 Å². The number of H-pyrrole nitrogens is 1. The fourth-order valence-corrected chi connectivity index (χ4v) is 2.30. The van der Waals surface area contributed by atoms with Gasteiger partial charge in [0.1, 0.15) is 30.8 Å². The minimum Gasteiger partial charge on any atom is -0.490 e. The quantitative estimate of drug-likeness (QED) is 0.513. The highest BCUT2D eigenvalue weighted by Gasteiger charge is 2.11. The molecule has 3 aromatic rings. The van der Waals surface area contributed by atoms with Crippen LogP contribution >= 0.6 is 0 Å². The molecule has 124 valence electrons. The number of ether oxygens (including phenoxy) is 2. The normalized spacial score (nSPS) is 12.0. The number of hydrogen-bond donors (Lipinski definition) is 2. The molecule has 1 aromatic heterocycles. The Balaban J connectivity index is 1.54. The Kier molecular flexibility index (Phi) is 4.62. The van der Waals surface area contributed by atoms with E-state index in [0.717, 1.165) is 10.9 Å². The molecule has 7 heteroatoms. The molecule has 3 rings (SSSR count). The molecule has 7 nitrogen and oxygen atoms in total. The Morgan fingerprint density at radius 2 is 1.92 bits per heavy atom. The van der Waals surface area contributed by atoms with E-state index in [4.69, 9.17) is 9.47 Å². The summed E-state index contributed by atoms with van der Waals surface area (Å²) in [6.45, 7) is 0.0313. The lowest BCUT2D eigenvalue weighted by Crippen LogP contribution is -2.25. The van der Waals surface area contributed by atoms with Crippen molar-refractivity contribution in [2.75, 3.05) is 13.2 Å². The van der Waals surface area contributed by atoms with Crippen LogP contribution in [0, 0.1) is 10.1 Å². The number of aliphatic hydroxyl groups is 1. The number of rotatable bonds is 7. The van der Waals surface area contributed by atoms with Crippen LogP contribution in [-0.4, -0.2) is 34.3 Å². The summed E-state index contributed by atoms with van der Waals surface area (Å²) in [6, 6.07) is 13.3. The van der Waals surface area contributed by atoms with Crippen LogP contribution in [-0.2, 0) is 0 Å². The summed E-state index contributed by atoms with van der Waals surface area (Å²) in [6.07, 6.45) is 0.956. The summed E-state index contributed by atoms with van der Waals surface area (Å²) in [5.41, 5.74) is 0.896. The van der Waals surface area contributed by atoms with Gasteiger partial charge in [-0.2, -0.15) is 0 Å². The van der Waals surface area contributed by atoms with E-state index in [1.54, 1.807) is 6.07 Å². The molecule has 0 amide bonds. The maximum absolute atomic E-state index is 10.7. The van der Waals surface area contributed by atoms with E-state index >= 15 is 0 Å². The predicted molar refractivity (Wildman–Crippen MR) is 88.4 cm³/mol. The number of fused-ring (bicyclic) bond motifs is 1. The monoisotopic (exact) mass is 328 g/mol. The van der Waals surface area contributed by atoms with E-state index in [2.05, 4.69) is 4.98 Å². The average molecular weight is 328 g/mol. The molecule has 1 atom stereocenters. The number of nitro benzene ring substituents is 1. The first-order valence-corrected chi connectivity index (χ1v) is 7.38. The smallest absolute Gasteiger partial charge is 0.273 e. The lowest BCUT2D eigenvalue weighted by atomic mass is 10.2. The van der Waals surface area contributed by atoms with Gasteiger partial charge in [0.15, 0.2) is 0 Å². The van der Waals surface area contributed by atoms with Gasteiger partial charge in [-0.15, -0.1) is 0 Å². The van der Waals surface area contributed by atoms with Crippen LogP contribution in [0.2, 0.25) is 0 Å². The molecular weight excluding hydrogens is 312 g/mol. The summed E-state index contributed by atoms with van der Waals surface area (Å²) < 4.78 is 11.0. The molecule has 1 unspecified atom stereocenters. The molecule has 0 saturated carbocycles. The SMILES string of the molecule is O=[N+]([O-])c1cccc(OCC(O)COc2cccc3[nH]ccc23)c1. The first-order chi connectivity index (χ1) is 11.6. The number of nitrogens with one attached hydrogen (secondary N) is 1. The molecule has 0 bridgehead atoms. The summed E-state index contributed by atoms with van der Waals surface area (Å²) in [5.74, 6) is 0.999.